The van der Waals surface area contributed by atoms with Crippen molar-refractivity contribution in [1.29, 1.82) is 0 Å². The number of nitrogens with zero attached hydrogens (tertiary/aromatic N) is 1. The molecule has 0 saturated heterocycles. The fourth-order valence-corrected chi connectivity index (χ4v) is 0.883. The number of hydrogen-bond donors (Lipinski definition) is 1. The molecule has 1 heterocycles. The number of rotatable bonds is 2. The van der Waals surface area contributed by atoms with Gasteiger partial charge in [-0.1, -0.05) is 0 Å². The van der Waals surface area contributed by atoms with Crippen molar-refractivity contribution >= 4 is 5.78 Å². The maximum absolute atomic E-state index is 10.9. The molecule has 1 rings (SSSR count). The van der Waals surface area contributed by atoms with Gasteiger partial charge in [-0.3, -0.25) is 9.89 Å². The van der Waals surface area contributed by atoms with Crippen molar-refractivity contribution in [3.63, 3.8) is 0 Å². The Kier molecular flexibility index (Phi) is 2.08. The molecule has 0 saturated carbocycles. The van der Waals surface area contributed by atoms with E-state index >= 15 is 0 Å². The summed E-state index contributed by atoms with van der Waals surface area (Å²) in [6.45, 7) is 5.35. The van der Waals surface area contributed by atoms with Gasteiger partial charge < -0.3 is 0 Å². The van der Waals surface area contributed by atoms with Crippen molar-refractivity contribution in [2.24, 2.45) is 0 Å². The first kappa shape index (κ1) is 7.98. The van der Waals surface area contributed by atoms with Gasteiger partial charge >= 0.3 is 0 Å². The molecule has 1 atom stereocenters. The van der Waals surface area contributed by atoms with E-state index in [1.807, 2.05) is 19.9 Å². The molecule has 0 amide bonds. The summed E-state index contributed by atoms with van der Waals surface area (Å²) in [5.41, 5.74) is 1.82. The van der Waals surface area contributed by atoms with Crippen LogP contribution in [-0.4, -0.2) is 16.0 Å². The summed E-state index contributed by atoms with van der Waals surface area (Å²) < 4.78 is 0. The molecule has 0 radical (unpaired) electrons. The van der Waals surface area contributed by atoms with E-state index in [0.29, 0.717) is 0 Å². The highest BCUT2D eigenvalue weighted by molar-refractivity contribution is 5.82. The highest BCUT2D eigenvalue weighted by atomic mass is 16.1. The summed E-state index contributed by atoms with van der Waals surface area (Å²) in [6.07, 6.45) is 0. The number of carbonyl (C=O) groups is 1. The summed E-state index contributed by atoms with van der Waals surface area (Å²) in [5.74, 6) is 0.102. The fraction of sp³-hybridized carbons (Fsp3) is 0.500. The van der Waals surface area contributed by atoms with Crippen molar-refractivity contribution in [3.05, 3.63) is 17.5 Å². The predicted octanol–water partition coefficient (Wildman–Crippen LogP) is 1.41. The van der Waals surface area contributed by atoms with Crippen LogP contribution in [0.5, 0.6) is 0 Å². The molecule has 1 aromatic rings. The lowest BCUT2D eigenvalue weighted by atomic mass is 10.0. The van der Waals surface area contributed by atoms with Gasteiger partial charge in [0, 0.05) is 5.69 Å². The topological polar surface area (TPSA) is 45.8 Å². The Morgan fingerprint density at radius 2 is 2.36 bits per heavy atom. The summed E-state index contributed by atoms with van der Waals surface area (Å²) in [4.78, 5) is 10.9. The van der Waals surface area contributed by atoms with E-state index in [-0.39, 0.29) is 11.7 Å². The van der Waals surface area contributed by atoms with Crippen LogP contribution < -0.4 is 0 Å². The molecule has 0 aliphatic heterocycles. The van der Waals surface area contributed by atoms with Gasteiger partial charge in [-0.15, -0.1) is 0 Å². The molecule has 0 bridgehead atoms. The van der Waals surface area contributed by atoms with Gasteiger partial charge in [0.25, 0.3) is 0 Å². The third kappa shape index (κ3) is 1.67. The predicted molar refractivity (Wildman–Crippen MR) is 42.4 cm³/mol. The molecule has 0 aromatic carbocycles. The lowest BCUT2D eigenvalue weighted by Gasteiger charge is -2.01. The average molecular weight is 152 g/mol. The van der Waals surface area contributed by atoms with Crippen LogP contribution in [0, 0.1) is 6.92 Å². The Hall–Kier alpha value is -1.12. The van der Waals surface area contributed by atoms with Crippen molar-refractivity contribution in [1.82, 2.24) is 10.2 Å². The van der Waals surface area contributed by atoms with E-state index in [2.05, 4.69) is 10.2 Å². The van der Waals surface area contributed by atoms with E-state index in [1.165, 1.54) is 0 Å². The molecule has 3 heteroatoms. The van der Waals surface area contributed by atoms with Crippen LogP contribution in [-0.2, 0) is 4.79 Å². The third-order valence-electron chi connectivity index (χ3n) is 1.80. The lowest BCUT2D eigenvalue weighted by Crippen LogP contribution is -2.04. The van der Waals surface area contributed by atoms with Crippen LogP contribution in [0.25, 0.3) is 0 Å². The van der Waals surface area contributed by atoms with Crippen LogP contribution in [0.4, 0.5) is 0 Å². The first-order valence-corrected chi connectivity index (χ1v) is 3.63. The van der Waals surface area contributed by atoms with Gasteiger partial charge in [-0.05, 0) is 26.8 Å². The van der Waals surface area contributed by atoms with Gasteiger partial charge in [-0.25, -0.2) is 0 Å². The number of aryl methyl sites for hydroxylation is 1. The SMILES string of the molecule is CC(=O)C(C)c1cc(C)n[nH]1. The summed E-state index contributed by atoms with van der Waals surface area (Å²) in [5, 5.41) is 6.76. The number of carbonyl (C=O) groups excluding carboxylic acids is 1. The second-order valence-electron chi connectivity index (χ2n) is 2.80. The fourth-order valence-electron chi connectivity index (χ4n) is 0.883. The highest BCUT2D eigenvalue weighted by Crippen LogP contribution is 2.13. The van der Waals surface area contributed by atoms with Gasteiger partial charge in [0.2, 0.25) is 0 Å². The summed E-state index contributed by atoms with van der Waals surface area (Å²) in [6, 6.07) is 1.89. The molecule has 1 unspecified atom stereocenters. The normalized spacial score (nSPS) is 13.0. The zero-order chi connectivity index (χ0) is 8.43. The molecular weight excluding hydrogens is 140 g/mol. The van der Waals surface area contributed by atoms with Crippen LogP contribution >= 0.6 is 0 Å². The number of Topliss-reactive ketones (excluding diaryl/α,β-unsaturated/α-hetero) is 1. The van der Waals surface area contributed by atoms with E-state index in [1.54, 1.807) is 6.92 Å². The molecule has 0 spiro atoms. The van der Waals surface area contributed by atoms with Crippen molar-refractivity contribution in [2.75, 3.05) is 0 Å². The third-order valence-corrected chi connectivity index (χ3v) is 1.80. The smallest absolute Gasteiger partial charge is 0.138 e. The van der Waals surface area contributed by atoms with Crippen LogP contribution in [0.3, 0.4) is 0 Å². The van der Waals surface area contributed by atoms with Crippen LogP contribution in [0.1, 0.15) is 31.2 Å². The number of aromatic amines is 1. The second kappa shape index (κ2) is 2.86. The highest BCUT2D eigenvalue weighted by Gasteiger charge is 2.11. The molecule has 0 fully saturated rings. The van der Waals surface area contributed by atoms with Crippen molar-refractivity contribution in [3.8, 4) is 0 Å². The molecule has 0 aliphatic carbocycles. The van der Waals surface area contributed by atoms with Gasteiger partial charge in [0.05, 0.1) is 11.6 Å². The Bertz CT molecular complexity index is 265. The quantitative estimate of drug-likeness (QED) is 0.696. The Morgan fingerprint density at radius 3 is 2.73 bits per heavy atom. The molecule has 60 valence electrons. The number of hydrogen-bond acceptors (Lipinski definition) is 2. The van der Waals surface area contributed by atoms with Gasteiger partial charge in [-0.2, -0.15) is 5.10 Å². The molecule has 1 N–H and O–H groups in total. The van der Waals surface area contributed by atoms with Crippen LogP contribution in [0.2, 0.25) is 0 Å². The average Bonchev–Trinajstić information content (AvgIpc) is 2.34. The molecular formula is C8H12N2O. The van der Waals surface area contributed by atoms with Gasteiger partial charge in [0.15, 0.2) is 0 Å². The zero-order valence-corrected chi connectivity index (χ0v) is 7.01. The second-order valence-corrected chi connectivity index (χ2v) is 2.80. The number of H-pyrrole nitrogens is 1. The lowest BCUT2D eigenvalue weighted by molar-refractivity contribution is -0.118. The van der Waals surface area contributed by atoms with E-state index in [9.17, 15) is 4.79 Å². The maximum atomic E-state index is 10.9. The minimum atomic E-state index is -0.0591. The largest absolute Gasteiger partial charge is 0.299 e. The number of nitrogens with one attached hydrogen (secondary N) is 1. The van der Waals surface area contributed by atoms with E-state index in [0.717, 1.165) is 11.4 Å². The van der Waals surface area contributed by atoms with Crippen molar-refractivity contribution in [2.45, 2.75) is 26.7 Å². The maximum Gasteiger partial charge on any atom is 0.138 e. The minimum Gasteiger partial charge on any atom is -0.299 e. The monoisotopic (exact) mass is 152 g/mol. The number of ketones is 1. The minimum absolute atomic E-state index is 0.0591. The molecule has 11 heavy (non-hydrogen) atoms. The van der Waals surface area contributed by atoms with E-state index in [4.69, 9.17) is 0 Å². The van der Waals surface area contributed by atoms with Crippen LogP contribution in [0.15, 0.2) is 6.07 Å². The standard InChI is InChI=1S/C8H12N2O/c1-5-4-8(10-9-5)6(2)7(3)11/h4,6H,1-3H3,(H,9,10). The Balaban J connectivity index is 2.84. The Labute approximate surface area is 65.8 Å². The van der Waals surface area contributed by atoms with Crippen molar-refractivity contribution < 1.29 is 4.79 Å². The first-order chi connectivity index (χ1) is 5.11. The van der Waals surface area contributed by atoms with Gasteiger partial charge in [0.1, 0.15) is 5.78 Å². The zero-order valence-electron chi connectivity index (χ0n) is 7.01. The summed E-state index contributed by atoms with van der Waals surface area (Å²) >= 11 is 0. The number of aromatic nitrogens is 2. The summed E-state index contributed by atoms with van der Waals surface area (Å²) in [7, 11) is 0. The molecule has 3 nitrogen and oxygen atoms in total. The Morgan fingerprint density at radius 1 is 1.73 bits per heavy atom. The molecule has 1 aromatic heterocycles. The first-order valence-electron chi connectivity index (χ1n) is 3.63. The van der Waals surface area contributed by atoms with E-state index < -0.39 is 0 Å². The molecule has 0 aliphatic rings.